The first-order valence-corrected chi connectivity index (χ1v) is 10.3. The largest absolute Gasteiger partial charge is 0.378 e. The number of nitrogens with one attached hydrogen (secondary N) is 1. The molecule has 9 heteroatoms. The molecule has 7 nitrogen and oxygen atoms in total. The molecule has 0 radical (unpaired) electrons. The van der Waals surface area contributed by atoms with Gasteiger partial charge >= 0.3 is 0 Å². The van der Waals surface area contributed by atoms with E-state index in [9.17, 15) is 4.39 Å². The zero-order valence-electron chi connectivity index (χ0n) is 17.1. The molecule has 0 amide bonds. The highest BCUT2D eigenvalue weighted by molar-refractivity contribution is 6.31. The summed E-state index contributed by atoms with van der Waals surface area (Å²) in [5.41, 5.74) is 6.72. The summed E-state index contributed by atoms with van der Waals surface area (Å²) in [7, 11) is 0. The summed E-state index contributed by atoms with van der Waals surface area (Å²) in [6.45, 7) is 4.29. The maximum atomic E-state index is 14.1. The van der Waals surface area contributed by atoms with Crippen molar-refractivity contribution >= 4 is 29.6 Å². The van der Waals surface area contributed by atoms with Crippen molar-refractivity contribution in [2.45, 2.75) is 13.3 Å². The maximum Gasteiger partial charge on any atom is 0.245 e. The Labute approximate surface area is 185 Å². The second-order valence-corrected chi connectivity index (χ2v) is 7.54. The Kier molecular flexibility index (Phi) is 6.69. The molecule has 0 saturated carbocycles. The van der Waals surface area contributed by atoms with Gasteiger partial charge in [0, 0.05) is 24.3 Å². The van der Waals surface area contributed by atoms with Crippen molar-refractivity contribution in [2.75, 3.05) is 36.6 Å². The minimum atomic E-state index is -0.472. The van der Waals surface area contributed by atoms with Crippen molar-refractivity contribution in [1.82, 2.24) is 15.0 Å². The Balaban J connectivity index is 1.44. The lowest BCUT2D eigenvalue weighted by molar-refractivity contribution is 0.122. The number of benzene rings is 1. The molecular formula is C22H22ClFN6O. The zero-order chi connectivity index (χ0) is 21.6. The minimum Gasteiger partial charge on any atom is -0.378 e. The predicted molar refractivity (Wildman–Crippen MR) is 119 cm³/mol. The fraction of sp³-hybridized carbons (Fsp3) is 0.273. The van der Waals surface area contributed by atoms with Gasteiger partial charge in [0.05, 0.1) is 31.3 Å². The molecule has 0 spiro atoms. The number of rotatable bonds is 6. The van der Waals surface area contributed by atoms with Crippen molar-refractivity contribution in [3.8, 4) is 0 Å². The summed E-state index contributed by atoms with van der Waals surface area (Å²) in [6, 6.07) is 9.77. The Morgan fingerprint density at radius 1 is 1.26 bits per heavy atom. The number of ether oxygens (including phenoxy) is 1. The van der Waals surface area contributed by atoms with Crippen molar-refractivity contribution in [3.05, 3.63) is 75.9 Å². The standard InChI is InChI=1S/C22H22ClFN6O/c1-15-3-2-4-19(23)18(15)12-16-5-6-25-17(11-16)13-27-29-22-26-14-20(24)21(28-22)30-7-9-31-10-8-30/h2-6,11,13-14H,7-10,12H2,1H3,(H,26,28,29)/b27-13-. The maximum absolute atomic E-state index is 14.1. The predicted octanol–water partition coefficient (Wildman–Crippen LogP) is 3.85. The van der Waals surface area contributed by atoms with E-state index in [1.165, 1.54) is 0 Å². The van der Waals surface area contributed by atoms with E-state index in [4.69, 9.17) is 16.3 Å². The van der Waals surface area contributed by atoms with Gasteiger partial charge in [-0.1, -0.05) is 23.7 Å². The van der Waals surface area contributed by atoms with E-state index in [1.807, 2.05) is 42.2 Å². The van der Waals surface area contributed by atoms with E-state index >= 15 is 0 Å². The van der Waals surface area contributed by atoms with E-state index in [2.05, 4.69) is 25.5 Å². The van der Waals surface area contributed by atoms with Crippen LogP contribution < -0.4 is 10.3 Å². The number of hydrogen-bond acceptors (Lipinski definition) is 7. The lowest BCUT2D eigenvalue weighted by Crippen LogP contribution is -2.37. The lowest BCUT2D eigenvalue weighted by Gasteiger charge is -2.27. The molecule has 31 heavy (non-hydrogen) atoms. The number of morpholine rings is 1. The first kappa shape index (κ1) is 21.1. The minimum absolute atomic E-state index is 0.210. The number of hydrazone groups is 1. The van der Waals surface area contributed by atoms with Gasteiger partial charge in [0.25, 0.3) is 0 Å². The number of pyridine rings is 1. The van der Waals surface area contributed by atoms with E-state index in [0.29, 0.717) is 38.4 Å². The van der Waals surface area contributed by atoms with Crippen LogP contribution in [0.25, 0.3) is 0 Å². The van der Waals surface area contributed by atoms with Crippen LogP contribution in [0.5, 0.6) is 0 Å². The van der Waals surface area contributed by atoms with E-state index in [0.717, 1.165) is 27.9 Å². The Morgan fingerprint density at radius 2 is 2.10 bits per heavy atom. The fourth-order valence-electron chi connectivity index (χ4n) is 3.33. The van der Waals surface area contributed by atoms with Crippen molar-refractivity contribution in [2.24, 2.45) is 5.10 Å². The van der Waals surface area contributed by atoms with Crippen molar-refractivity contribution in [3.63, 3.8) is 0 Å². The first-order valence-electron chi connectivity index (χ1n) is 9.93. The zero-order valence-corrected chi connectivity index (χ0v) is 17.8. The summed E-state index contributed by atoms with van der Waals surface area (Å²) in [5.74, 6) is -0.0196. The van der Waals surface area contributed by atoms with Crippen LogP contribution in [-0.4, -0.2) is 47.5 Å². The summed E-state index contributed by atoms with van der Waals surface area (Å²) in [6.07, 6.45) is 5.14. The lowest BCUT2D eigenvalue weighted by atomic mass is 10.0. The molecule has 1 saturated heterocycles. The summed E-state index contributed by atoms with van der Waals surface area (Å²) >= 11 is 6.35. The smallest absolute Gasteiger partial charge is 0.245 e. The van der Waals surface area contributed by atoms with Crippen LogP contribution in [0, 0.1) is 12.7 Å². The number of nitrogens with zero attached hydrogens (tertiary/aromatic N) is 5. The van der Waals surface area contributed by atoms with Crippen LogP contribution in [-0.2, 0) is 11.2 Å². The third-order valence-corrected chi connectivity index (χ3v) is 5.33. The van der Waals surface area contributed by atoms with Gasteiger partial charge in [-0.15, -0.1) is 0 Å². The van der Waals surface area contributed by atoms with E-state index in [-0.39, 0.29) is 11.8 Å². The van der Waals surface area contributed by atoms with Crippen molar-refractivity contribution in [1.29, 1.82) is 0 Å². The van der Waals surface area contributed by atoms with E-state index in [1.54, 1.807) is 12.4 Å². The molecule has 0 atom stereocenters. The van der Waals surface area contributed by atoms with Crippen LogP contribution >= 0.6 is 11.6 Å². The monoisotopic (exact) mass is 440 g/mol. The summed E-state index contributed by atoms with van der Waals surface area (Å²) in [5, 5.41) is 4.91. The van der Waals surface area contributed by atoms with Gasteiger partial charge in [-0.05, 0) is 48.2 Å². The van der Waals surface area contributed by atoms with Gasteiger partial charge in [0.1, 0.15) is 0 Å². The Morgan fingerprint density at radius 3 is 2.90 bits per heavy atom. The van der Waals surface area contributed by atoms with Gasteiger partial charge in [-0.25, -0.2) is 14.8 Å². The molecule has 0 unspecified atom stereocenters. The van der Waals surface area contributed by atoms with E-state index < -0.39 is 5.82 Å². The molecule has 1 N–H and O–H groups in total. The topological polar surface area (TPSA) is 75.5 Å². The molecule has 3 aromatic rings. The molecule has 1 aliphatic heterocycles. The number of hydrogen-bond donors (Lipinski definition) is 1. The second kappa shape index (κ2) is 9.80. The van der Waals surface area contributed by atoms with Crippen LogP contribution in [0.15, 0.2) is 47.8 Å². The Hall–Kier alpha value is -3.10. The Bertz CT molecular complexity index is 1070. The van der Waals surface area contributed by atoms with Gasteiger partial charge in [0.15, 0.2) is 11.6 Å². The van der Waals surface area contributed by atoms with Crippen LogP contribution in [0.3, 0.4) is 0 Å². The molecule has 0 bridgehead atoms. The highest BCUT2D eigenvalue weighted by atomic mass is 35.5. The third kappa shape index (κ3) is 5.34. The van der Waals surface area contributed by atoms with Crippen LogP contribution in [0.4, 0.5) is 16.2 Å². The average Bonchev–Trinajstić information content (AvgIpc) is 2.78. The fourth-order valence-corrected chi connectivity index (χ4v) is 3.62. The number of aromatic nitrogens is 3. The quantitative estimate of drug-likeness (QED) is 0.463. The molecule has 1 aromatic carbocycles. The first-order chi connectivity index (χ1) is 15.1. The molecule has 2 aromatic heterocycles. The van der Waals surface area contributed by atoms with Gasteiger partial charge < -0.3 is 9.64 Å². The highest BCUT2D eigenvalue weighted by Gasteiger charge is 2.17. The van der Waals surface area contributed by atoms with Gasteiger partial charge in [0.2, 0.25) is 5.95 Å². The van der Waals surface area contributed by atoms with Gasteiger partial charge in [-0.3, -0.25) is 4.98 Å². The summed E-state index contributed by atoms with van der Waals surface area (Å²) < 4.78 is 19.4. The molecule has 1 fully saturated rings. The average molecular weight is 441 g/mol. The second-order valence-electron chi connectivity index (χ2n) is 7.14. The SMILES string of the molecule is Cc1cccc(Cl)c1Cc1ccnc(/C=N\Nc2ncc(F)c(N3CCOCC3)n2)c1. The molecule has 160 valence electrons. The van der Waals surface area contributed by atoms with Crippen LogP contribution in [0.2, 0.25) is 5.02 Å². The molecule has 4 rings (SSSR count). The summed E-state index contributed by atoms with van der Waals surface area (Å²) in [4.78, 5) is 14.3. The number of aryl methyl sites for hydroxylation is 1. The van der Waals surface area contributed by atoms with Gasteiger partial charge in [-0.2, -0.15) is 10.1 Å². The van der Waals surface area contributed by atoms with Crippen molar-refractivity contribution < 1.29 is 9.13 Å². The van der Waals surface area contributed by atoms with Crippen LogP contribution in [0.1, 0.15) is 22.4 Å². The molecule has 3 heterocycles. The highest BCUT2D eigenvalue weighted by Crippen LogP contribution is 2.23. The molecule has 1 aliphatic rings. The molecule has 0 aliphatic carbocycles. The third-order valence-electron chi connectivity index (χ3n) is 4.98. The number of halogens is 2. The number of anilines is 2. The molecular weight excluding hydrogens is 419 g/mol. The normalized spacial score (nSPS) is 14.2.